The maximum atomic E-state index is 12.7. The molecule has 0 aliphatic carbocycles. The summed E-state index contributed by atoms with van der Waals surface area (Å²) >= 11 is 0. The summed E-state index contributed by atoms with van der Waals surface area (Å²) < 4.78 is 12.4. The van der Waals surface area contributed by atoms with Crippen molar-refractivity contribution in [2.45, 2.75) is 32.9 Å². The Morgan fingerprint density at radius 3 is 2.61 bits per heavy atom. The van der Waals surface area contributed by atoms with Gasteiger partial charge in [0.15, 0.2) is 6.61 Å². The Morgan fingerprint density at radius 1 is 1.16 bits per heavy atom. The van der Waals surface area contributed by atoms with Crippen LogP contribution in [0.3, 0.4) is 0 Å². The van der Waals surface area contributed by atoms with Gasteiger partial charge >= 0.3 is 12.1 Å². The van der Waals surface area contributed by atoms with Crippen LogP contribution in [0, 0.1) is 0 Å². The molecule has 4 rings (SSSR count). The van der Waals surface area contributed by atoms with Crippen molar-refractivity contribution in [3.63, 3.8) is 0 Å². The van der Waals surface area contributed by atoms with Gasteiger partial charge in [-0.05, 0) is 50.6 Å². The molecular formula is C23H22N2O6. The lowest BCUT2D eigenvalue weighted by atomic mass is 10.1. The van der Waals surface area contributed by atoms with Crippen molar-refractivity contribution < 1.29 is 29.0 Å². The zero-order valence-corrected chi connectivity index (χ0v) is 17.4. The van der Waals surface area contributed by atoms with Crippen LogP contribution in [0.4, 0.5) is 10.5 Å². The minimum Gasteiger partial charge on any atom is -0.482 e. The Bertz CT molecular complexity index is 1200. The molecular weight excluding hydrogens is 400 g/mol. The highest BCUT2D eigenvalue weighted by atomic mass is 16.6. The molecule has 0 atom stereocenters. The summed E-state index contributed by atoms with van der Waals surface area (Å²) in [4.78, 5) is 38.3. The van der Waals surface area contributed by atoms with Gasteiger partial charge in [-0.25, -0.2) is 9.59 Å². The summed E-state index contributed by atoms with van der Waals surface area (Å²) in [7, 11) is 0. The molecule has 8 heteroatoms. The smallest absolute Gasteiger partial charge is 0.419 e. The first-order valence-corrected chi connectivity index (χ1v) is 9.77. The largest absolute Gasteiger partial charge is 0.482 e. The predicted molar refractivity (Wildman–Crippen MR) is 114 cm³/mol. The fourth-order valence-corrected chi connectivity index (χ4v) is 3.52. The summed E-state index contributed by atoms with van der Waals surface area (Å²) in [5.74, 6) is -0.966. The van der Waals surface area contributed by atoms with Gasteiger partial charge in [0.05, 0.1) is 23.3 Å². The Labute approximate surface area is 178 Å². The number of anilines is 1. The van der Waals surface area contributed by atoms with Crippen LogP contribution in [0.15, 0.2) is 48.7 Å². The molecule has 2 aromatic carbocycles. The zero-order valence-electron chi connectivity index (χ0n) is 17.4. The molecule has 8 nitrogen and oxygen atoms in total. The molecule has 1 aromatic heterocycles. The molecule has 0 spiro atoms. The number of fused-ring (bicyclic) bond motifs is 2. The Morgan fingerprint density at radius 2 is 1.90 bits per heavy atom. The van der Waals surface area contributed by atoms with E-state index in [1.807, 2.05) is 18.2 Å². The lowest BCUT2D eigenvalue weighted by Gasteiger charge is -2.29. The van der Waals surface area contributed by atoms with E-state index in [4.69, 9.17) is 9.47 Å². The molecule has 0 saturated carbocycles. The number of hydrogen-bond acceptors (Lipinski definition) is 5. The number of aromatic carboxylic acids is 1. The Kier molecular flexibility index (Phi) is 4.93. The summed E-state index contributed by atoms with van der Waals surface area (Å²) in [6.07, 6.45) is 1.14. The summed E-state index contributed by atoms with van der Waals surface area (Å²) in [6.45, 7) is 5.38. The molecule has 0 bridgehead atoms. The minimum atomic E-state index is -1.10. The number of para-hydroxylation sites is 1. The first kappa shape index (κ1) is 20.5. The number of aromatic nitrogens is 1. The summed E-state index contributed by atoms with van der Waals surface area (Å²) in [5, 5.41) is 10.1. The summed E-state index contributed by atoms with van der Waals surface area (Å²) in [5.41, 5.74) is 1.16. The number of benzene rings is 2. The van der Waals surface area contributed by atoms with Crippen LogP contribution in [-0.4, -0.2) is 39.9 Å². The van der Waals surface area contributed by atoms with E-state index in [2.05, 4.69) is 0 Å². The van der Waals surface area contributed by atoms with E-state index in [1.54, 1.807) is 39.1 Å². The van der Waals surface area contributed by atoms with Crippen molar-refractivity contribution in [3.05, 3.63) is 59.8 Å². The molecule has 0 fully saturated rings. The maximum absolute atomic E-state index is 12.7. The van der Waals surface area contributed by atoms with E-state index in [1.165, 1.54) is 21.6 Å². The Hall–Kier alpha value is -3.81. The van der Waals surface area contributed by atoms with E-state index in [0.717, 1.165) is 10.9 Å². The minimum absolute atomic E-state index is 0.0539. The molecule has 1 aliphatic rings. The fraction of sp³-hybridized carbons (Fsp3) is 0.261. The van der Waals surface area contributed by atoms with Crippen LogP contribution in [0.2, 0.25) is 0 Å². The number of amides is 1. The van der Waals surface area contributed by atoms with Crippen LogP contribution in [0.1, 0.15) is 36.7 Å². The van der Waals surface area contributed by atoms with E-state index in [9.17, 15) is 19.5 Å². The van der Waals surface area contributed by atoms with Gasteiger partial charge in [0.2, 0.25) is 0 Å². The number of rotatable bonds is 3. The highest BCUT2D eigenvalue weighted by Crippen LogP contribution is 2.35. The van der Waals surface area contributed by atoms with Crippen LogP contribution in [0.25, 0.3) is 10.9 Å². The predicted octanol–water partition coefficient (Wildman–Crippen LogP) is 4.05. The number of carbonyl (C=O) groups is 3. The van der Waals surface area contributed by atoms with Crippen molar-refractivity contribution in [1.82, 2.24) is 4.57 Å². The van der Waals surface area contributed by atoms with E-state index >= 15 is 0 Å². The van der Waals surface area contributed by atoms with Gasteiger partial charge in [0.25, 0.3) is 5.91 Å². The zero-order chi connectivity index (χ0) is 22.3. The quantitative estimate of drug-likeness (QED) is 0.684. The third kappa shape index (κ3) is 3.96. The third-order valence-corrected chi connectivity index (χ3v) is 4.86. The maximum Gasteiger partial charge on any atom is 0.419 e. The average molecular weight is 422 g/mol. The topological polar surface area (TPSA) is 98.1 Å². The lowest BCUT2D eigenvalue weighted by molar-refractivity contribution is -0.121. The van der Waals surface area contributed by atoms with Crippen LogP contribution in [0.5, 0.6) is 5.75 Å². The van der Waals surface area contributed by atoms with Gasteiger partial charge in [-0.15, -0.1) is 0 Å². The van der Waals surface area contributed by atoms with Crippen molar-refractivity contribution in [2.75, 3.05) is 11.5 Å². The first-order chi connectivity index (χ1) is 14.6. The normalized spacial score (nSPS) is 13.6. The van der Waals surface area contributed by atoms with Gasteiger partial charge in [-0.1, -0.05) is 18.2 Å². The van der Waals surface area contributed by atoms with Crippen molar-refractivity contribution in [3.8, 4) is 5.75 Å². The van der Waals surface area contributed by atoms with E-state index in [-0.39, 0.29) is 24.6 Å². The first-order valence-electron chi connectivity index (χ1n) is 9.77. The second kappa shape index (κ2) is 7.46. The molecule has 2 heterocycles. The van der Waals surface area contributed by atoms with E-state index in [0.29, 0.717) is 17.0 Å². The molecule has 31 heavy (non-hydrogen) atoms. The van der Waals surface area contributed by atoms with Crippen molar-refractivity contribution in [2.24, 2.45) is 0 Å². The molecule has 0 saturated heterocycles. The number of nitrogens with zero attached hydrogens (tertiary/aromatic N) is 2. The molecule has 1 aliphatic heterocycles. The van der Waals surface area contributed by atoms with Gasteiger partial charge in [0, 0.05) is 11.6 Å². The number of carboxylic acids is 1. The average Bonchev–Trinajstić information content (AvgIpc) is 3.07. The van der Waals surface area contributed by atoms with Crippen LogP contribution >= 0.6 is 0 Å². The molecule has 1 N–H and O–H groups in total. The Balaban J connectivity index is 1.76. The van der Waals surface area contributed by atoms with E-state index < -0.39 is 17.7 Å². The highest BCUT2D eigenvalue weighted by molar-refractivity contribution is 6.01. The molecule has 1 amide bonds. The van der Waals surface area contributed by atoms with Gasteiger partial charge in [0.1, 0.15) is 11.4 Å². The van der Waals surface area contributed by atoms with Crippen molar-refractivity contribution >= 4 is 34.6 Å². The molecule has 160 valence electrons. The number of ether oxygens (including phenoxy) is 2. The third-order valence-electron chi connectivity index (χ3n) is 4.86. The standard InChI is InChI=1S/C23H22N2O6/c1-23(2,3)31-22(29)25-12-15(16-6-4-5-7-17(16)25)11-24-18-10-14(21(27)28)8-9-19(18)30-13-20(24)26/h4-10,12H,11,13H2,1-3H3,(H,27,28). The summed E-state index contributed by atoms with van der Waals surface area (Å²) in [6, 6.07) is 11.7. The second-order valence-corrected chi connectivity index (χ2v) is 8.28. The highest BCUT2D eigenvalue weighted by Gasteiger charge is 2.28. The SMILES string of the molecule is CC(C)(C)OC(=O)n1cc(CN2C(=O)COc3ccc(C(=O)O)cc32)c2ccccc21. The fourth-order valence-electron chi connectivity index (χ4n) is 3.52. The van der Waals surface area contributed by atoms with Gasteiger partial charge in [-0.2, -0.15) is 0 Å². The van der Waals surface area contributed by atoms with Crippen molar-refractivity contribution in [1.29, 1.82) is 0 Å². The molecule has 3 aromatic rings. The van der Waals surface area contributed by atoms with Gasteiger partial charge in [-0.3, -0.25) is 9.36 Å². The number of hydrogen-bond donors (Lipinski definition) is 1. The number of carbonyl (C=O) groups excluding carboxylic acids is 2. The lowest BCUT2D eigenvalue weighted by Crippen LogP contribution is -2.38. The van der Waals surface area contributed by atoms with Crippen LogP contribution < -0.4 is 9.64 Å². The van der Waals surface area contributed by atoms with Crippen LogP contribution in [-0.2, 0) is 16.1 Å². The number of carboxylic acid groups (broad SMARTS) is 1. The van der Waals surface area contributed by atoms with Gasteiger partial charge < -0.3 is 19.5 Å². The monoisotopic (exact) mass is 422 g/mol. The molecule has 0 radical (unpaired) electrons. The second-order valence-electron chi connectivity index (χ2n) is 8.28. The molecule has 0 unspecified atom stereocenters.